The van der Waals surface area contributed by atoms with Gasteiger partial charge in [0.2, 0.25) is 0 Å². The van der Waals surface area contributed by atoms with E-state index in [0.29, 0.717) is 11.7 Å². The molecule has 90 valence electrons. The summed E-state index contributed by atoms with van der Waals surface area (Å²) in [4.78, 5) is 0. The highest BCUT2D eigenvalue weighted by Gasteiger charge is 2.33. The first-order valence-electron chi connectivity index (χ1n) is 5.95. The van der Waals surface area contributed by atoms with Crippen molar-refractivity contribution in [3.8, 4) is 0 Å². The second-order valence-corrected chi connectivity index (χ2v) is 5.77. The molecule has 3 heteroatoms. The van der Waals surface area contributed by atoms with Gasteiger partial charge in [-0.3, -0.25) is 0 Å². The van der Waals surface area contributed by atoms with Crippen molar-refractivity contribution >= 4 is 26.9 Å². The Morgan fingerprint density at radius 3 is 2.71 bits per heavy atom. The van der Waals surface area contributed by atoms with Crippen LogP contribution in [-0.2, 0) is 0 Å². The van der Waals surface area contributed by atoms with Gasteiger partial charge >= 0.3 is 0 Å². The summed E-state index contributed by atoms with van der Waals surface area (Å²) in [5, 5.41) is 11.2. The van der Waals surface area contributed by atoms with E-state index >= 15 is 0 Å². The van der Waals surface area contributed by atoms with Crippen LogP contribution in [0, 0.1) is 19.8 Å². The van der Waals surface area contributed by atoms with Crippen LogP contribution in [0.25, 0.3) is 11.0 Å². The van der Waals surface area contributed by atoms with Crippen molar-refractivity contribution in [3.63, 3.8) is 0 Å². The van der Waals surface area contributed by atoms with E-state index in [1.54, 1.807) is 0 Å². The van der Waals surface area contributed by atoms with E-state index in [4.69, 9.17) is 4.42 Å². The number of halogens is 1. The lowest BCUT2D eigenvalue weighted by Gasteiger charge is -2.03. The summed E-state index contributed by atoms with van der Waals surface area (Å²) in [6.07, 6.45) is 1.79. The van der Waals surface area contributed by atoms with E-state index in [-0.39, 0.29) is 0 Å². The monoisotopic (exact) mass is 294 g/mol. The number of benzene rings is 1. The summed E-state index contributed by atoms with van der Waals surface area (Å²) in [5.41, 5.74) is 3.22. The van der Waals surface area contributed by atoms with Gasteiger partial charge in [0.15, 0.2) is 0 Å². The highest BCUT2D eigenvalue weighted by atomic mass is 79.9. The lowest BCUT2D eigenvalue weighted by atomic mass is 10.1. The van der Waals surface area contributed by atoms with Crippen LogP contribution in [0.1, 0.15) is 35.8 Å². The van der Waals surface area contributed by atoms with Crippen LogP contribution < -0.4 is 0 Å². The average molecular weight is 295 g/mol. The highest BCUT2D eigenvalue weighted by molar-refractivity contribution is 9.10. The number of rotatable bonds is 2. The molecule has 0 amide bonds. The summed E-state index contributed by atoms with van der Waals surface area (Å²) in [6.45, 7) is 4.12. The predicted octanol–water partition coefficient (Wildman–Crippen LogP) is 4.26. The molecule has 1 aromatic carbocycles. The molecule has 0 spiro atoms. The first-order valence-corrected chi connectivity index (χ1v) is 6.74. The lowest BCUT2D eigenvalue weighted by molar-refractivity contribution is 0.129. The van der Waals surface area contributed by atoms with Gasteiger partial charge in [0.25, 0.3) is 0 Å². The average Bonchev–Trinajstić information content (AvgIpc) is 3.06. The molecule has 1 heterocycles. The summed E-state index contributed by atoms with van der Waals surface area (Å²) in [7, 11) is 0. The minimum Gasteiger partial charge on any atom is -0.458 e. The maximum Gasteiger partial charge on any atom is 0.135 e. The van der Waals surface area contributed by atoms with Crippen molar-refractivity contribution in [1.82, 2.24) is 0 Å². The SMILES string of the molecule is Cc1cc2oc(C(O)C3CC3)cc2c(C)c1Br. The maximum atomic E-state index is 10.1. The smallest absolute Gasteiger partial charge is 0.135 e. The molecule has 2 nitrogen and oxygen atoms in total. The fraction of sp³-hybridized carbons (Fsp3) is 0.429. The maximum absolute atomic E-state index is 10.1. The summed E-state index contributed by atoms with van der Waals surface area (Å²) < 4.78 is 6.90. The second-order valence-electron chi connectivity index (χ2n) is 4.98. The van der Waals surface area contributed by atoms with Gasteiger partial charge in [-0.05, 0) is 55.9 Å². The zero-order valence-electron chi connectivity index (χ0n) is 9.96. The molecule has 1 fully saturated rings. The van der Waals surface area contributed by atoms with Crippen molar-refractivity contribution in [2.24, 2.45) is 5.92 Å². The molecule has 0 saturated heterocycles. The minimum absolute atomic E-state index is 0.403. The zero-order chi connectivity index (χ0) is 12.2. The Bertz CT molecular complexity index is 581. The van der Waals surface area contributed by atoms with Gasteiger partial charge in [-0.1, -0.05) is 15.9 Å². The third-order valence-electron chi connectivity index (χ3n) is 3.57. The number of aryl methyl sites for hydroxylation is 2. The minimum atomic E-state index is -0.430. The molecule has 1 N–H and O–H groups in total. The number of hydrogen-bond donors (Lipinski definition) is 1. The molecule has 1 aliphatic rings. The standard InChI is InChI=1S/C14H15BrO2/c1-7-5-11-10(8(2)13(7)15)6-12(17-11)14(16)9-3-4-9/h5-6,9,14,16H,3-4H2,1-2H3. The molecule has 17 heavy (non-hydrogen) atoms. The Hall–Kier alpha value is -0.800. The van der Waals surface area contributed by atoms with Gasteiger partial charge in [-0.2, -0.15) is 0 Å². The highest BCUT2D eigenvalue weighted by Crippen LogP contribution is 2.43. The third-order valence-corrected chi connectivity index (χ3v) is 4.79. The first kappa shape index (κ1) is 11.3. The molecule has 1 unspecified atom stereocenters. The number of aliphatic hydroxyl groups excluding tert-OH is 1. The van der Waals surface area contributed by atoms with E-state index < -0.39 is 6.10 Å². The van der Waals surface area contributed by atoms with Gasteiger partial charge in [-0.15, -0.1) is 0 Å². The van der Waals surface area contributed by atoms with Crippen molar-refractivity contribution in [2.45, 2.75) is 32.8 Å². The molecule has 0 bridgehead atoms. The molecule has 0 radical (unpaired) electrons. The molecular formula is C14H15BrO2. The molecule has 2 aromatic rings. The number of fused-ring (bicyclic) bond motifs is 1. The van der Waals surface area contributed by atoms with Gasteiger partial charge < -0.3 is 9.52 Å². The van der Waals surface area contributed by atoms with Crippen molar-refractivity contribution in [3.05, 3.63) is 33.5 Å². The van der Waals surface area contributed by atoms with Gasteiger partial charge in [0.05, 0.1) is 0 Å². The summed E-state index contributed by atoms with van der Waals surface area (Å²) in [5.74, 6) is 1.11. The van der Waals surface area contributed by atoms with Crippen LogP contribution >= 0.6 is 15.9 Å². The molecule has 1 aliphatic carbocycles. The summed E-state index contributed by atoms with van der Waals surface area (Å²) >= 11 is 3.58. The van der Waals surface area contributed by atoms with Crippen LogP contribution in [-0.4, -0.2) is 5.11 Å². The molecule has 1 atom stereocenters. The van der Waals surface area contributed by atoms with E-state index in [1.807, 2.05) is 12.1 Å². The number of hydrogen-bond acceptors (Lipinski definition) is 2. The Morgan fingerprint density at radius 1 is 1.35 bits per heavy atom. The quantitative estimate of drug-likeness (QED) is 0.898. The fourth-order valence-corrected chi connectivity index (χ4v) is 2.62. The van der Waals surface area contributed by atoms with Gasteiger partial charge in [0, 0.05) is 9.86 Å². The molecule has 0 aliphatic heterocycles. The van der Waals surface area contributed by atoms with Crippen molar-refractivity contribution < 1.29 is 9.52 Å². The fourth-order valence-electron chi connectivity index (χ4n) is 2.29. The predicted molar refractivity (Wildman–Crippen MR) is 71.1 cm³/mol. The lowest BCUT2D eigenvalue weighted by Crippen LogP contribution is -1.96. The van der Waals surface area contributed by atoms with E-state index in [0.717, 1.165) is 33.8 Å². The van der Waals surface area contributed by atoms with E-state index in [2.05, 4.69) is 29.8 Å². The Morgan fingerprint density at radius 2 is 2.06 bits per heavy atom. The van der Waals surface area contributed by atoms with Crippen LogP contribution in [0.5, 0.6) is 0 Å². The van der Waals surface area contributed by atoms with Crippen LogP contribution in [0.3, 0.4) is 0 Å². The third kappa shape index (κ3) is 1.81. The van der Waals surface area contributed by atoms with Crippen molar-refractivity contribution in [1.29, 1.82) is 0 Å². The topological polar surface area (TPSA) is 33.4 Å². The summed E-state index contributed by atoms with van der Waals surface area (Å²) in [6, 6.07) is 4.01. The van der Waals surface area contributed by atoms with Gasteiger partial charge in [-0.25, -0.2) is 0 Å². The second kappa shape index (κ2) is 3.85. The van der Waals surface area contributed by atoms with Crippen LogP contribution in [0.15, 0.2) is 21.0 Å². The van der Waals surface area contributed by atoms with Crippen LogP contribution in [0.4, 0.5) is 0 Å². The normalized spacial score (nSPS) is 17.6. The zero-order valence-corrected chi connectivity index (χ0v) is 11.5. The molecular weight excluding hydrogens is 280 g/mol. The number of furan rings is 1. The van der Waals surface area contributed by atoms with Crippen molar-refractivity contribution in [2.75, 3.05) is 0 Å². The Labute approximate surface area is 109 Å². The van der Waals surface area contributed by atoms with Crippen LogP contribution in [0.2, 0.25) is 0 Å². The van der Waals surface area contributed by atoms with E-state index in [9.17, 15) is 5.11 Å². The molecule has 1 saturated carbocycles. The Balaban J connectivity index is 2.15. The van der Waals surface area contributed by atoms with E-state index in [1.165, 1.54) is 5.56 Å². The first-order chi connectivity index (χ1) is 8.08. The molecule has 3 rings (SSSR count). The largest absolute Gasteiger partial charge is 0.458 e. The van der Waals surface area contributed by atoms with Gasteiger partial charge in [0.1, 0.15) is 17.4 Å². The Kier molecular flexibility index (Phi) is 2.56. The molecule has 1 aromatic heterocycles. The number of aliphatic hydroxyl groups is 1.